The highest BCUT2D eigenvalue weighted by Gasteiger charge is 2.47. The Bertz CT molecular complexity index is 775. The molecule has 0 saturated carbocycles. The highest BCUT2D eigenvalue weighted by atomic mass is 35.5. The molecule has 4 nitrogen and oxygen atoms in total. The van der Waals surface area contributed by atoms with E-state index in [2.05, 4.69) is 5.32 Å². The molecule has 0 fully saturated rings. The molecule has 1 aliphatic heterocycles. The van der Waals surface area contributed by atoms with Crippen LogP contribution in [0.25, 0.3) is 0 Å². The van der Waals surface area contributed by atoms with Crippen molar-refractivity contribution in [1.82, 2.24) is 0 Å². The van der Waals surface area contributed by atoms with Gasteiger partial charge in [-0.15, -0.1) is 0 Å². The number of para-hydroxylation sites is 1. The van der Waals surface area contributed by atoms with Crippen LogP contribution >= 0.6 is 11.6 Å². The first kappa shape index (κ1) is 14.7. The minimum absolute atomic E-state index is 0.220. The van der Waals surface area contributed by atoms with Gasteiger partial charge in [0.25, 0.3) is 5.91 Å². The molecule has 112 valence electrons. The van der Waals surface area contributed by atoms with E-state index in [0.717, 1.165) is 12.1 Å². The van der Waals surface area contributed by atoms with Crippen LogP contribution in [0.4, 0.5) is 10.1 Å². The number of aliphatic hydroxyl groups is 1. The Balaban J connectivity index is 1.95. The van der Waals surface area contributed by atoms with E-state index in [-0.39, 0.29) is 16.1 Å². The van der Waals surface area contributed by atoms with E-state index in [1.807, 2.05) is 0 Å². The molecule has 22 heavy (non-hydrogen) atoms. The third-order valence-corrected chi connectivity index (χ3v) is 3.97. The fourth-order valence-electron chi connectivity index (χ4n) is 2.48. The van der Waals surface area contributed by atoms with E-state index in [1.165, 1.54) is 18.2 Å². The Morgan fingerprint density at radius 2 is 1.91 bits per heavy atom. The van der Waals surface area contributed by atoms with Gasteiger partial charge in [0.2, 0.25) is 0 Å². The molecular weight excluding hydrogens is 309 g/mol. The Morgan fingerprint density at radius 3 is 2.59 bits per heavy atom. The second-order valence-electron chi connectivity index (χ2n) is 5.08. The van der Waals surface area contributed by atoms with E-state index in [1.54, 1.807) is 12.1 Å². The average molecular weight is 320 g/mol. The molecule has 0 spiro atoms. The number of benzene rings is 2. The lowest BCUT2D eigenvalue weighted by molar-refractivity contribution is -0.133. The predicted octanol–water partition coefficient (Wildman–Crippen LogP) is 2.89. The van der Waals surface area contributed by atoms with Gasteiger partial charge in [0.1, 0.15) is 5.82 Å². The zero-order valence-corrected chi connectivity index (χ0v) is 12.0. The van der Waals surface area contributed by atoms with Crippen LogP contribution in [0.5, 0.6) is 0 Å². The summed E-state index contributed by atoms with van der Waals surface area (Å²) in [5.41, 5.74) is -1.19. The number of hydrogen-bond acceptors (Lipinski definition) is 3. The van der Waals surface area contributed by atoms with Gasteiger partial charge >= 0.3 is 0 Å². The monoisotopic (exact) mass is 319 g/mol. The number of anilines is 1. The molecule has 2 aromatic rings. The van der Waals surface area contributed by atoms with E-state index in [4.69, 9.17) is 11.6 Å². The number of carbonyl (C=O) groups excluding carboxylic acids is 2. The number of carbonyl (C=O) groups is 2. The van der Waals surface area contributed by atoms with Gasteiger partial charge in [0.05, 0.1) is 17.1 Å². The SMILES string of the molecule is O=C(CC1(O)C(=O)Nc2c(Cl)cccc21)c1ccc(F)cc1. The molecule has 0 radical (unpaired) electrons. The highest BCUT2D eigenvalue weighted by Crippen LogP contribution is 2.42. The summed E-state index contributed by atoms with van der Waals surface area (Å²) < 4.78 is 12.9. The van der Waals surface area contributed by atoms with Gasteiger partial charge in [-0.1, -0.05) is 23.7 Å². The van der Waals surface area contributed by atoms with E-state index >= 15 is 0 Å². The van der Waals surface area contributed by atoms with E-state index in [9.17, 15) is 19.1 Å². The second kappa shape index (κ2) is 5.19. The summed E-state index contributed by atoms with van der Waals surface area (Å²) in [5.74, 6) is -1.64. The van der Waals surface area contributed by atoms with Crippen LogP contribution in [0.15, 0.2) is 42.5 Å². The Hall–Kier alpha value is -2.24. The minimum Gasteiger partial charge on any atom is -0.375 e. The smallest absolute Gasteiger partial charge is 0.261 e. The molecule has 3 rings (SSSR count). The molecule has 6 heteroatoms. The van der Waals surface area contributed by atoms with Gasteiger partial charge in [0, 0.05) is 11.1 Å². The van der Waals surface area contributed by atoms with Gasteiger partial charge in [0.15, 0.2) is 11.4 Å². The minimum atomic E-state index is -1.98. The van der Waals surface area contributed by atoms with Crippen LogP contribution in [0.3, 0.4) is 0 Å². The Morgan fingerprint density at radius 1 is 1.23 bits per heavy atom. The summed E-state index contributed by atoms with van der Waals surface area (Å²) in [6.07, 6.45) is -0.447. The Kier molecular flexibility index (Phi) is 3.47. The van der Waals surface area contributed by atoms with E-state index < -0.39 is 29.5 Å². The topological polar surface area (TPSA) is 66.4 Å². The van der Waals surface area contributed by atoms with Crippen molar-refractivity contribution in [3.05, 3.63) is 64.4 Å². The van der Waals surface area contributed by atoms with Crippen molar-refractivity contribution in [1.29, 1.82) is 0 Å². The third kappa shape index (κ3) is 2.28. The summed E-state index contributed by atoms with van der Waals surface area (Å²) in [4.78, 5) is 24.4. The maximum atomic E-state index is 12.9. The maximum Gasteiger partial charge on any atom is 0.261 e. The van der Waals surface area contributed by atoms with Crippen LogP contribution in [0, 0.1) is 5.82 Å². The number of amides is 1. The first-order valence-corrected chi connectivity index (χ1v) is 6.91. The number of hydrogen-bond donors (Lipinski definition) is 2. The number of ketones is 1. The van der Waals surface area contributed by atoms with Crippen LogP contribution in [0.1, 0.15) is 22.3 Å². The molecule has 2 N–H and O–H groups in total. The summed E-state index contributed by atoms with van der Waals surface area (Å²) in [6.45, 7) is 0. The van der Waals surface area contributed by atoms with Crippen LogP contribution in [0.2, 0.25) is 5.02 Å². The van der Waals surface area contributed by atoms with Crippen molar-refractivity contribution in [3.8, 4) is 0 Å². The molecule has 1 aliphatic rings. The lowest BCUT2D eigenvalue weighted by atomic mass is 9.88. The number of Topliss-reactive ketones (excluding diaryl/α,β-unsaturated/α-hetero) is 1. The molecule has 1 atom stereocenters. The fraction of sp³-hybridized carbons (Fsp3) is 0.125. The standard InChI is InChI=1S/C16H11ClFNO3/c17-12-3-1-2-11-14(12)19-15(21)16(11,22)8-13(20)9-4-6-10(18)7-5-9/h1-7,22H,8H2,(H,19,21). The maximum absolute atomic E-state index is 12.9. The van der Waals surface area contributed by atoms with Gasteiger partial charge in [-0.2, -0.15) is 0 Å². The van der Waals surface area contributed by atoms with Gasteiger partial charge in [-0.05, 0) is 30.3 Å². The van der Waals surface area contributed by atoms with Gasteiger partial charge < -0.3 is 10.4 Å². The largest absolute Gasteiger partial charge is 0.375 e. The lowest BCUT2D eigenvalue weighted by Gasteiger charge is -2.20. The molecule has 0 saturated heterocycles. The quantitative estimate of drug-likeness (QED) is 0.855. The second-order valence-corrected chi connectivity index (χ2v) is 5.49. The lowest BCUT2D eigenvalue weighted by Crippen LogP contribution is -2.36. The fourth-order valence-corrected chi connectivity index (χ4v) is 2.70. The molecule has 0 bridgehead atoms. The number of rotatable bonds is 3. The van der Waals surface area contributed by atoms with Gasteiger partial charge in [-0.3, -0.25) is 9.59 Å². The molecule has 0 aliphatic carbocycles. The molecule has 1 amide bonds. The van der Waals surface area contributed by atoms with E-state index in [0.29, 0.717) is 5.69 Å². The zero-order valence-electron chi connectivity index (χ0n) is 11.3. The summed E-state index contributed by atoms with van der Waals surface area (Å²) >= 11 is 5.98. The van der Waals surface area contributed by atoms with Crippen molar-refractivity contribution in [2.24, 2.45) is 0 Å². The van der Waals surface area contributed by atoms with Crippen molar-refractivity contribution in [2.45, 2.75) is 12.0 Å². The highest BCUT2D eigenvalue weighted by molar-refractivity contribution is 6.34. The first-order valence-electron chi connectivity index (χ1n) is 6.53. The molecule has 0 aromatic heterocycles. The molecule has 2 aromatic carbocycles. The Labute approximate surface area is 130 Å². The summed E-state index contributed by atoms with van der Waals surface area (Å²) in [7, 11) is 0. The summed E-state index contributed by atoms with van der Waals surface area (Å²) in [6, 6.07) is 9.63. The number of fused-ring (bicyclic) bond motifs is 1. The van der Waals surface area contributed by atoms with Crippen LogP contribution in [-0.2, 0) is 10.4 Å². The van der Waals surface area contributed by atoms with Crippen LogP contribution in [-0.4, -0.2) is 16.8 Å². The normalized spacial score (nSPS) is 19.7. The zero-order chi connectivity index (χ0) is 15.9. The van der Waals surface area contributed by atoms with Crippen molar-refractivity contribution >= 4 is 29.0 Å². The summed E-state index contributed by atoms with van der Waals surface area (Å²) in [5, 5.41) is 13.4. The molecular formula is C16H11ClFNO3. The number of nitrogens with one attached hydrogen (secondary N) is 1. The van der Waals surface area contributed by atoms with Crippen molar-refractivity contribution < 1.29 is 19.1 Å². The third-order valence-electron chi connectivity index (χ3n) is 3.66. The first-order chi connectivity index (χ1) is 10.4. The number of halogens is 2. The van der Waals surface area contributed by atoms with Gasteiger partial charge in [-0.25, -0.2) is 4.39 Å². The van der Waals surface area contributed by atoms with Crippen molar-refractivity contribution in [3.63, 3.8) is 0 Å². The average Bonchev–Trinajstić information content (AvgIpc) is 2.73. The predicted molar refractivity (Wildman–Crippen MR) is 79.3 cm³/mol. The molecule has 1 unspecified atom stereocenters. The van der Waals surface area contributed by atoms with Crippen LogP contribution < -0.4 is 5.32 Å². The molecule has 1 heterocycles. The van der Waals surface area contributed by atoms with Crippen molar-refractivity contribution in [2.75, 3.05) is 5.32 Å².